The molecule has 0 atom stereocenters. The minimum absolute atomic E-state index is 4.66. The molecule has 0 rings (SSSR count). The Hall–Kier alpha value is -3.72. The second-order valence-corrected chi connectivity index (χ2v) is 15.9. The van der Waals surface area contributed by atoms with E-state index in [0.717, 1.165) is 0 Å². The Morgan fingerprint density at radius 3 is 0.400 bits per heavy atom. The first kappa shape index (κ1) is 21.3. The van der Waals surface area contributed by atoms with Gasteiger partial charge in [0, 0.05) is 0 Å². The average molecular weight is 416 g/mol. The zero-order valence-electron chi connectivity index (χ0n) is 11.2. The second-order valence-electron chi connectivity index (χ2n) is 4.41. The van der Waals surface area contributed by atoms with Crippen LogP contribution in [0.1, 0.15) is 0 Å². The number of carboxylic acid groups (broad SMARTS) is 8. The molecule has 17 heteroatoms. The molecule has 0 bridgehead atoms. The van der Waals surface area contributed by atoms with Crippen molar-refractivity contribution in [2.24, 2.45) is 0 Å². The first-order valence-corrected chi connectivity index (χ1v) is 9.25. The van der Waals surface area contributed by atoms with Gasteiger partial charge in [-0.1, -0.05) is 0 Å². The predicted molar refractivity (Wildman–Crippen MR) is 64.2 cm³/mol. The van der Waals surface area contributed by atoms with E-state index in [1.165, 1.54) is 0 Å². The Morgan fingerprint density at radius 2 is 0.400 bits per heavy atom. The molecule has 0 aliphatic rings. The van der Waals surface area contributed by atoms with E-state index in [4.69, 9.17) is 0 Å². The third-order valence-corrected chi connectivity index (χ3v) is 17.5. The van der Waals surface area contributed by atoms with E-state index in [1.54, 1.807) is 0 Å². The van der Waals surface area contributed by atoms with E-state index in [1.807, 2.05) is 0 Å². The van der Waals surface area contributed by atoms with E-state index in [9.17, 15) is 79.2 Å². The number of rotatable bonds is 8. The van der Waals surface area contributed by atoms with Gasteiger partial charge in [-0.3, -0.25) is 0 Å². The summed E-state index contributed by atoms with van der Waals surface area (Å²) in [7, 11) is -13.1. The summed E-state index contributed by atoms with van der Waals surface area (Å²) in [6.45, 7) is 0. The quantitative estimate of drug-likeness (QED) is 0.261. The van der Waals surface area contributed by atoms with Crippen LogP contribution in [0.3, 0.4) is 0 Å². The van der Waals surface area contributed by atoms with E-state index in [2.05, 4.69) is 0 Å². The van der Waals surface area contributed by atoms with Gasteiger partial charge in [0.25, 0.3) is 0 Å². The molecule has 0 aliphatic carbocycles. The van der Waals surface area contributed by atoms with Crippen molar-refractivity contribution in [3.63, 3.8) is 0 Å². The van der Waals surface area contributed by atoms with Crippen LogP contribution < -0.4 is 0 Å². The van der Waals surface area contributed by atoms with Gasteiger partial charge >= 0.3 is 127 Å². The van der Waals surface area contributed by atoms with E-state index in [0.29, 0.717) is 0 Å². The summed E-state index contributed by atoms with van der Waals surface area (Å²) in [6.07, 6.45) is 0. The standard InChI is InChI=1S/8CHO2.Fe/c8*2-1-3;/h8*(H,2,3);. The third-order valence-electron chi connectivity index (χ3n) is 4.23. The van der Waals surface area contributed by atoms with Gasteiger partial charge < -0.3 is 0 Å². The topological polar surface area (TPSA) is 298 Å². The van der Waals surface area contributed by atoms with Crippen LogP contribution in [-0.4, -0.2) is 79.8 Å². The van der Waals surface area contributed by atoms with Gasteiger partial charge in [-0.05, 0) is 0 Å². The summed E-state index contributed by atoms with van der Waals surface area (Å²) in [5.41, 5.74) is 0. The van der Waals surface area contributed by atoms with Crippen LogP contribution in [0.4, 0.5) is 38.4 Å². The molecule has 0 aliphatic heterocycles. The number of carbonyl (C=O) groups is 8. The molecule has 8 N–H and O–H groups in total. The van der Waals surface area contributed by atoms with Crippen LogP contribution in [0, 0.1) is 0 Å². The fourth-order valence-electron chi connectivity index (χ4n) is 1.81. The monoisotopic (exact) mass is 416 g/mol. The summed E-state index contributed by atoms with van der Waals surface area (Å²) in [5.74, 6) is 0. The number of hydrogen-bond donors (Lipinski definition) is 8. The van der Waals surface area contributed by atoms with Crippen LogP contribution in [0.25, 0.3) is 0 Å². The molecule has 0 aromatic rings. The molecule has 0 heterocycles. The zero-order valence-corrected chi connectivity index (χ0v) is 12.3. The zero-order chi connectivity index (χ0) is 21.0. The molecular formula is C8H8FeO16. The van der Waals surface area contributed by atoms with Gasteiger partial charge in [0.15, 0.2) is 0 Å². The van der Waals surface area contributed by atoms with Crippen LogP contribution >= 0.6 is 0 Å². The van der Waals surface area contributed by atoms with Crippen LogP contribution in [-0.2, 0) is 8.62 Å². The van der Waals surface area contributed by atoms with Gasteiger partial charge in [-0.15, -0.1) is 0 Å². The Labute approximate surface area is 127 Å². The van der Waals surface area contributed by atoms with Crippen LogP contribution in [0.15, 0.2) is 0 Å². The summed E-state index contributed by atoms with van der Waals surface area (Å²) in [5, 5.41) is 73.7. The molecule has 16 nitrogen and oxygen atoms in total. The number of hydrogen-bond acceptors (Lipinski definition) is 8. The van der Waals surface area contributed by atoms with Gasteiger partial charge in [0.1, 0.15) is 0 Å². The van der Waals surface area contributed by atoms with Crippen LogP contribution in [0.5, 0.6) is 0 Å². The molecule has 0 unspecified atom stereocenters. The van der Waals surface area contributed by atoms with Gasteiger partial charge in [-0.25, -0.2) is 0 Å². The molecule has 0 saturated heterocycles. The van der Waals surface area contributed by atoms with Crippen molar-refractivity contribution in [2.45, 2.75) is 0 Å². The first-order chi connectivity index (χ1) is 10.9. The molecule has 25 heavy (non-hydrogen) atoms. The van der Waals surface area contributed by atoms with Crippen molar-refractivity contribution in [2.75, 3.05) is 0 Å². The molecular weight excluding hydrogens is 408 g/mol. The molecule has 0 aromatic carbocycles. The summed E-state index contributed by atoms with van der Waals surface area (Å²) < 4.78 is 0. The summed E-state index contributed by atoms with van der Waals surface area (Å²) in [4.78, 5) is 57.1. The fraction of sp³-hybridized carbons (Fsp3) is 0. The summed E-state index contributed by atoms with van der Waals surface area (Å²) in [6, 6.07) is 0. The second kappa shape index (κ2) is 3.23. The third kappa shape index (κ3) is 0.578. The van der Waals surface area contributed by atoms with Crippen molar-refractivity contribution >= 4 is 38.9 Å². The van der Waals surface area contributed by atoms with Crippen molar-refractivity contribution in [3.05, 3.63) is 0 Å². The van der Waals surface area contributed by atoms with Gasteiger partial charge in [-0.2, -0.15) is 0 Å². The van der Waals surface area contributed by atoms with Crippen molar-refractivity contribution < 1.29 is 87.8 Å². The molecule has 0 radical (unpaired) electrons. The summed E-state index contributed by atoms with van der Waals surface area (Å²) >= 11 is 0. The fourth-order valence-corrected chi connectivity index (χ4v) is 7.47. The molecule has 0 aromatic heterocycles. The van der Waals surface area contributed by atoms with Crippen molar-refractivity contribution in [1.29, 1.82) is 0 Å². The molecule has 0 spiro atoms. The Balaban J connectivity index is 10.4. The first-order valence-electron chi connectivity index (χ1n) is 4.84. The van der Waals surface area contributed by atoms with Crippen LogP contribution in [0.2, 0.25) is 0 Å². The Kier molecular flexibility index (Phi) is 2.75. The maximum absolute atomic E-state index is 13.1. The molecule has 0 saturated carbocycles. The molecule has 0 amide bonds. The van der Waals surface area contributed by atoms with Gasteiger partial charge in [0.2, 0.25) is 0 Å². The predicted octanol–water partition coefficient (Wildman–Crippen LogP) is 1.71. The van der Waals surface area contributed by atoms with E-state index >= 15 is 0 Å². The average Bonchev–Trinajstić information content (AvgIpc) is 2.38. The minimum atomic E-state index is -13.1. The normalized spacial score (nSPS) is 17.3. The van der Waals surface area contributed by atoms with Crippen molar-refractivity contribution in [3.8, 4) is 0 Å². The molecule has 0 fully saturated rings. The SMILES string of the molecule is O=[C](O)[Fe]([C](=O)O)([C](=O)O)([C](=O)O)([C](=O)O)([C](=O)O)([C](=O)O)[C](=O)O. The van der Waals surface area contributed by atoms with E-state index in [-0.39, 0.29) is 0 Å². The van der Waals surface area contributed by atoms with Crippen molar-refractivity contribution in [1.82, 2.24) is 0 Å². The van der Waals surface area contributed by atoms with E-state index < -0.39 is 47.6 Å². The molecule has 144 valence electrons. The maximum atomic E-state index is 11.8. The Bertz CT molecular complexity index is 667. The van der Waals surface area contributed by atoms with Gasteiger partial charge in [0.05, 0.1) is 0 Å². The Morgan fingerprint density at radius 1 is 0.320 bits per heavy atom.